The molecule has 16 heavy (non-hydrogen) atoms. The molecule has 0 aliphatic heterocycles. The Morgan fingerprint density at radius 3 is 2.88 bits per heavy atom. The molecule has 0 bridgehead atoms. The third-order valence-electron chi connectivity index (χ3n) is 2.82. The van der Waals surface area contributed by atoms with E-state index in [2.05, 4.69) is 15.5 Å². The molecule has 1 fully saturated rings. The van der Waals surface area contributed by atoms with Crippen molar-refractivity contribution in [2.75, 3.05) is 0 Å². The third kappa shape index (κ3) is 2.34. The molecule has 0 aromatic carbocycles. The second-order valence-electron chi connectivity index (χ2n) is 4.01. The number of aromatic nitrogens is 4. The van der Waals surface area contributed by atoms with Gasteiger partial charge in [-0.1, -0.05) is 24.6 Å². The van der Waals surface area contributed by atoms with Crippen LogP contribution in [0.25, 0.3) is 0 Å². The van der Waals surface area contributed by atoms with Crippen LogP contribution in [0.1, 0.15) is 38.6 Å². The van der Waals surface area contributed by atoms with Crippen LogP contribution in [-0.2, 0) is 4.79 Å². The average molecular weight is 241 g/mol. The molecule has 1 aliphatic carbocycles. The molecule has 1 saturated carbocycles. The highest BCUT2D eigenvalue weighted by Crippen LogP contribution is 2.32. The van der Waals surface area contributed by atoms with Crippen LogP contribution in [-0.4, -0.2) is 31.4 Å². The van der Waals surface area contributed by atoms with E-state index in [0.717, 1.165) is 12.8 Å². The van der Waals surface area contributed by atoms with E-state index >= 15 is 0 Å². The van der Waals surface area contributed by atoms with Crippen LogP contribution in [0.5, 0.6) is 0 Å². The van der Waals surface area contributed by atoms with E-state index in [1.54, 1.807) is 6.92 Å². The van der Waals surface area contributed by atoms with E-state index in [-0.39, 0.29) is 11.2 Å². The molecule has 7 heteroatoms. The smallest absolute Gasteiger partial charge is 0.230 e. The molecule has 1 aromatic rings. The number of tetrazole rings is 1. The molecule has 1 aromatic heterocycles. The maximum atomic E-state index is 11.0. The van der Waals surface area contributed by atoms with Gasteiger partial charge in [0.1, 0.15) is 0 Å². The van der Waals surface area contributed by atoms with Gasteiger partial charge in [0.05, 0.1) is 11.3 Å². The Bertz CT molecular complexity index is 374. The number of carbonyl (C=O) groups is 1. The minimum Gasteiger partial charge on any atom is -0.369 e. The number of hydrogen-bond donors (Lipinski definition) is 1. The van der Waals surface area contributed by atoms with Crippen LogP contribution >= 0.6 is 11.8 Å². The lowest BCUT2D eigenvalue weighted by molar-refractivity contribution is -0.117. The Morgan fingerprint density at radius 1 is 1.56 bits per heavy atom. The van der Waals surface area contributed by atoms with Crippen molar-refractivity contribution in [3.05, 3.63) is 0 Å². The van der Waals surface area contributed by atoms with Crippen molar-refractivity contribution in [1.29, 1.82) is 0 Å². The lowest BCUT2D eigenvalue weighted by Crippen LogP contribution is -2.23. The lowest BCUT2D eigenvalue weighted by Gasteiger charge is -2.12. The Morgan fingerprint density at radius 2 is 2.25 bits per heavy atom. The first kappa shape index (κ1) is 11.4. The summed E-state index contributed by atoms with van der Waals surface area (Å²) in [6.07, 6.45) is 4.67. The van der Waals surface area contributed by atoms with Crippen LogP contribution in [0.2, 0.25) is 0 Å². The zero-order chi connectivity index (χ0) is 11.5. The van der Waals surface area contributed by atoms with Crippen LogP contribution in [0, 0.1) is 0 Å². The summed E-state index contributed by atoms with van der Waals surface area (Å²) < 4.78 is 1.83. The number of thioether (sulfide) groups is 1. The summed E-state index contributed by atoms with van der Waals surface area (Å²) in [7, 11) is 0. The van der Waals surface area contributed by atoms with Crippen molar-refractivity contribution < 1.29 is 4.79 Å². The maximum Gasteiger partial charge on any atom is 0.230 e. The van der Waals surface area contributed by atoms with Crippen molar-refractivity contribution in [2.24, 2.45) is 5.73 Å². The fraction of sp³-hybridized carbons (Fsp3) is 0.778. The first-order valence-electron chi connectivity index (χ1n) is 5.42. The molecule has 0 radical (unpaired) electrons. The molecule has 0 saturated heterocycles. The van der Waals surface area contributed by atoms with Gasteiger partial charge in [0.25, 0.3) is 0 Å². The molecule has 2 rings (SSSR count). The molecule has 88 valence electrons. The first-order valence-corrected chi connectivity index (χ1v) is 6.30. The fourth-order valence-electron chi connectivity index (χ4n) is 1.86. The van der Waals surface area contributed by atoms with E-state index < -0.39 is 0 Å². The Hall–Kier alpha value is -1.11. The standard InChI is InChI=1S/C9H15N5OS/c1-6(8(10)15)16-9-11-12-13-14(9)7-4-2-3-5-7/h6-7H,2-5H2,1H3,(H2,10,15)/t6-/m0/s1. The Labute approximate surface area is 98.0 Å². The minimum atomic E-state index is -0.342. The molecule has 1 amide bonds. The molecule has 0 spiro atoms. The summed E-state index contributed by atoms with van der Waals surface area (Å²) in [5.41, 5.74) is 5.22. The highest BCUT2D eigenvalue weighted by Gasteiger charge is 2.23. The normalized spacial score (nSPS) is 18.8. The predicted molar refractivity (Wildman–Crippen MR) is 59.8 cm³/mol. The number of nitrogens with two attached hydrogens (primary N) is 1. The molecule has 6 nitrogen and oxygen atoms in total. The molecule has 2 N–H and O–H groups in total. The van der Waals surface area contributed by atoms with Crippen LogP contribution < -0.4 is 5.73 Å². The molecule has 0 unspecified atom stereocenters. The molecule has 1 aliphatic rings. The largest absolute Gasteiger partial charge is 0.369 e. The zero-order valence-corrected chi connectivity index (χ0v) is 9.98. The van der Waals surface area contributed by atoms with Gasteiger partial charge < -0.3 is 5.73 Å². The van der Waals surface area contributed by atoms with E-state index in [1.807, 2.05) is 4.68 Å². The van der Waals surface area contributed by atoms with Gasteiger partial charge in [-0.05, 0) is 30.2 Å². The van der Waals surface area contributed by atoms with Crippen LogP contribution in [0.4, 0.5) is 0 Å². The van der Waals surface area contributed by atoms with Gasteiger partial charge in [-0.2, -0.15) is 0 Å². The van der Waals surface area contributed by atoms with Crippen molar-refractivity contribution in [2.45, 2.75) is 49.1 Å². The van der Waals surface area contributed by atoms with E-state index in [4.69, 9.17) is 5.73 Å². The second kappa shape index (κ2) is 4.82. The van der Waals surface area contributed by atoms with Gasteiger partial charge in [-0.25, -0.2) is 4.68 Å². The van der Waals surface area contributed by atoms with Crippen molar-refractivity contribution in [3.8, 4) is 0 Å². The quantitative estimate of drug-likeness (QED) is 0.786. The van der Waals surface area contributed by atoms with Crippen molar-refractivity contribution in [1.82, 2.24) is 20.2 Å². The summed E-state index contributed by atoms with van der Waals surface area (Å²) in [6.45, 7) is 1.76. The van der Waals surface area contributed by atoms with Crippen molar-refractivity contribution in [3.63, 3.8) is 0 Å². The van der Waals surface area contributed by atoms with Gasteiger partial charge in [0.2, 0.25) is 11.1 Å². The highest BCUT2D eigenvalue weighted by atomic mass is 32.2. The van der Waals surface area contributed by atoms with Gasteiger partial charge in [-0.15, -0.1) is 5.10 Å². The summed E-state index contributed by atoms with van der Waals surface area (Å²) in [4.78, 5) is 11.0. The minimum absolute atomic E-state index is 0.300. The SMILES string of the molecule is C[C@H](Sc1nnnn1C1CCCC1)C(N)=O. The topological polar surface area (TPSA) is 86.7 Å². The zero-order valence-electron chi connectivity index (χ0n) is 9.17. The predicted octanol–water partition coefficient (Wildman–Crippen LogP) is 0.754. The Kier molecular flexibility index (Phi) is 3.42. The van der Waals surface area contributed by atoms with Crippen LogP contribution in [0.15, 0.2) is 5.16 Å². The average Bonchev–Trinajstić information content (AvgIpc) is 2.85. The van der Waals surface area contributed by atoms with Crippen LogP contribution in [0.3, 0.4) is 0 Å². The van der Waals surface area contributed by atoms with Gasteiger partial charge >= 0.3 is 0 Å². The monoisotopic (exact) mass is 241 g/mol. The van der Waals surface area contributed by atoms with Gasteiger partial charge in [-0.3, -0.25) is 4.79 Å². The number of primary amides is 1. The van der Waals surface area contributed by atoms with Gasteiger partial charge in [0, 0.05) is 0 Å². The van der Waals surface area contributed by atoms with E-state index in [1.165, 1.54) is 24.6 Å². The molecule has 1 atom stereocenters. The number of nitrogens with zero attached hydrogens (tertiary/aromatic N) is 4. The first-order chi connectivity index (χ1) is 7.68. The summed E-state index contributed by atoms with van der Waals surface area (Å²) in [5.74, 6) is -0.342. The molecule has 1 heterocycles. The fourth-order valence-corrected chi connectivity index (χ4v) is 2.67. The number of amides is 1. The third-order valence-corrected chi connectivity index (χ3v) is 3.88. The summed E-state index contributed by atoms with van der Waals surface area (Å²) in [5, 5.41) is 12.0. The number of carbonyl (C=O) groups excluding carboxylic acids is 1. The Balaban J connectivity index is 2.09. The summed E-state index contributed by atoms with van der Waals surface area (Å²) >= 11 is 1.32. The van der Waals surface area contributed by atoms with E-state index in [9.17, 15) is 4.79 Å². The molecular weight excluding hydrogens is 226 g/mol. The van der Waals surface area contributed by atoms with Crippen molar-refractivity contribution >= 4 is 17.7 Å². The number of hydrogen-bond acceptors (Lipinski definition) is 5. The number of rotatable bonds is 4. The highest BCUT2D eigenvalue weighted by molar-refractivity contribution is 8.00. The lowest BCUT2D eigenvalue weighted by atomic mass is 10.3. The molecular formula is C9H15N5OS. The van der Waals surface area contributed by atoms with Gasteiger partial charge in [0.15, 0.2) is 0 Å². The van der Waals surface area contributed by atoms with E-state index in [0.29, 0.717) is 11.2 Å². The summed E-state index contributed by atoms with van der Waals surface area (Å²) in [6, 6.07) is 0.387. The second-order valence-corrected chi connectivity index (χ2v) is 5.31. The maximum absolute atomic E-state index is 11.0.